The zero-order chi connectivity index (χ0) is 19.8. The molecule has 0 radical (unpaired) electrons. The summed E-state index contributed by atoms with van der Waals surface area (Å²) in [6.07, 6.45) is 5.37. The third kappa shape index (κ3) is 3.48. The Morgan fingerprint density at radius 3 is 2.48 bits per heavy atom. The van der Waals surface area contributed by atoms with Gasteiger partial charge in [0, 0.05) is 25.7 Å². The molecule has 3 fully saturated rings. The first-order valence-electron chi connectivity index (χ1n) is 10.7. The number of piperidine rings is 2. The molecule has 1 atom stereocenters. The van der Waals surface area contributed by atoms with Crippen LogP contribution in [0.4, 0.5) is 5.82 Å². The molecule has 1 aromatic heterocycles. The van der Waals surface area contributed by atoms with E-state index in [2.05, 4.69) is 33.0 Å². The van der Waals surface area contributed by atoms with Crippen LogP contribution in [-0.2, 0) is 4.79 Å². The first kappa shape index (κ1) is 18.2. The molecule has 0 bridgehead atoms. The molecule has 0 unspecified atom stereocenters. The van der Waals surface area contributed by atoms with Crippen molar-refractivity contribution in [3.8, 4) is 6.07 Å². The molecule has 1 saturated carbocycles. The Morgan fingerprint density at radius 1 is 1.03 bits per heavy atom. The Bertz CT molecular complexity index is 939. The second kappa shape index (κ2) is 7.18. The van der Waals surface area contributed by atoms with Crippen LogP contribution in [0.3, 0.4) is 0 Å². The van der Waals surface area contributed by atoms with Crippen LogP contribution >= 0.6 is 0 Å². The van der Waals surface area contributed by atoms with Crippen LogP contribution < -0.4 is 4.90 Å². The summed E-state index contributed by atoms with van der Waals surface area (Å²) >= 11 is 0. The number of aromatic nitrogens is 1. The van der Waals surface area contributed by atoms with E-state index >= 15 is 0 Å². The van der Waals surface area contributed by atoms with E-state index in [9.17, 15) is 4.79 Å². The molecular formula is C24H26N4O. The van der Waals surface area contributed by atoms with Gasteiger partial charge in [0.2, 0.25) is 5.91 Å². The fraction of sp³-hybridized carbons (Fsp3) is 0.458. The Morgan fingerprint density at radius 2 is 1.79 bits per heavy atom. The van der Waals surface area contributed by atoms with Crippen LogP contribution in [0.1, 0.15) is 49.3 Å². The van der Waals surface area contributed by atoms with Crippen molar-refractivity contribution in [2.75, 3.05) is 24.5 Å². The van der Waals surface area contributed by atoms with E-state index in [-0.39, 0.29) is 11.3 Å². The number of hydrogen-bond acceptors (Lipinski definition) is 4. The Hall–Kier alpha value is -2.87. The van der Waals surface area contributed by atoms with Gasteiger partial charge in [0.05, 0.1) is 5.92 Å². The standard InChI is InChI=1S/C24H26N4O/c25-16-19-7-4-8-22(26-19)27-13-11-24(12-14-27)15-21(18-5-2-1-3-6-18)23(29)28(17-24)20-9-10-20/h1-8,20-21H,9-15,17H2/t21-/m0/s1. The molecule has 2 saturated heterocycles. The van der Waals surface area contributed by atoms with Crippen LogP contribution in [0.2, 0.25) is 0 Å². The molecule has 1 aromatic carbocycles. The lowest BCUT2D eigenvalue weighted by Crippen LogP contribution is -2.54. The summed E-state index contributed by atoms with van der Waals surface area (Å²) in [7, 11) is 0. The first-order valence-corrected chi connectivity index (χ1v) is 10.7. The van der Waals surface area contributed by atoms with E-state index in [0.717, 1.165) is 63.1 Å². The fourth-order valence-electron chi connectivity index (χ4n) is 5.10. The monoisotopic (exact) mass is 386 g/mol. The van der Waals surface area contributed by atoms with E-state index in [0.29, 0.717) is 17.6 Å². The van der Waals surface area contributed by atoms with Crippen LogP contribution in [0.25, 0.3) is 0 Å². The maximum Gasteiger partial charge on any atom is 0.230 e. The molecule has 2 aliphatic heterocycles. The summed E-state index contributed by atoms with van der Waals surface area (Å²) in [6.45, 7) is 2.76. The van der Waals surface area contributed by atoms with Gasteiger partial charge in [-0.2, -0.15) is 5.26 Å². The van der Waals surface area contributed by atoms with Crippen LogP contribution in [0.15, 0.2) is 48.5 Å². The zero-order valence-electron chi connectivity index (χ0n) is 16.6. The number of nitriles is 1. The number of amides is 1. The molecule has 29 heavy (non-hydrogen) atoms. The quantitative estimate of drug-likeness (QED) is 0.807. The van der Waals surface area contributed by atoms with E-state index in [1.807, 2.05) is 30.3 Å². The molecule has 1 aliphatic carbocycles. The number of pyridine rings is 1. The van der Waals surface area contributed by atoms with Gasteiger partial charge in [-0.1, -0.05) is 36.4 Å². The summed E-state index contributed by atoms with van der Waals surface area (Å²) in [5.74, 6) is 1.21. The van der Waals surface area contributed by atoms with Gasteiger partial charge in [-0.3, -0.25) is 4.79 Å². The van der Waals surface area contributed by atoms with Crippen molar-refractivity contribution in [1.29, 1.82) is 5.26 Å². The van der Waals surface area contributed by atoms with E-state index < -0.39 is 0 Å². The highest BCUT2D eigenvalue weighted by molar-refractivity contribution is 5.85. The lowest BCUT2D eigenvalue weighted by atomic mass is 9.67. The second-order valence-electron chi connectivity index (χ2n) is 8.84. The zero-order valence-corrected chi connectivity index (χ0v) is 16.6. The Kier molecular flexibility index (Phi) is 4.50. The largest absolute Gasteiger partial charge is 0.357 e. The molecule has 5 heteroatoms. The number of carbonyl (C=O) groups excluding carboxylic acids is 1. The lowest BCUT2D eigenvalue weighted by Gasteiger charge is -2.50. The van der Waals surface area contributed by atoms with Crippen LogP contribution in [0.5, 0.6) is 0 Å². The molecule has 1 spiro atoms. The highest BCUT2D eigenvalue weighted by atomic mass is 16.2. The molecule has 1 amide bonds. The van der Waals surface area contributed by atoms with Crippen LogP contribution in [0, 0.1) is 16.7 Å². The van der Waals surface area contributed by atoms with Gasteiger partial charge in [-0.05, 0) is 55.2 Å². The third-order valence-corrected chi connectivity index (χ3v) is 6.91. The number of benzene rings is 1. The number of rotatable bonds is 3. The highest BCUT2D eigenvalue weighted by Gasteiger charge is 2.49. The maximum absolute atomic E-state index is 13.3. The average Bonchev–Trinajstić information content (AvgIpc) is 3.62. The normalized spacial score (nSPS) is 23.8. The number of carbonyl (C=O) groups is 1. The maximum atomic E-state index is 13.3. The minimum atomic E-state index is -0.0165. The predicted octanol–water partition coefficient (Wildman–Crippen LogP) is 3.72. The van der Waals surface area contributed by atoms with Gasteiger partial charge < -0.3 is 9.80 Å². The van der Waals surface area contributed by atoms with E-state index in [1.54, 1.807) is 6.07 Å². The van der Waals surface area contributed by atoms with Gasteiger partial charge in [-0.15, -0.1) is 0 Å². The Labute approximate surface area is 172 Å². The Balaban J connectivity index is 1.37. The van der Waals surface area contributed by atoms with Gasteiger partial charge >= 0.3 is 0 Å². The predicted molar refractivity (Wildman–Crippen MR) is 111 cm³/mol. The van der Waals surface area contributed by atoms with Crippen molar-refractivity contribution < 1.29 is 4.79 Å². The molecule has 5 rings (SSSR count). The van der Waals surface area contributed by atoms with Gasteiger partial charge in [-0.25, -0.2) is 4.98 Å². The van der Waals surface area contributed by atoms with Crippen molar-refractivity contribution in [2.45, 2.75) is 44.1 Å². The van der Waals surface area contributed by atoms with Crippen molar-refractivity contribution in [3.63, 3.8) is 0 Å². The average molecular weight is 386 g/mol. The number of hydrogen-bond donors (Lipinski definition) is 0. The molecule has 3 aliphatic rings. The van der Waals surface area contributed by atoms with Gasteiger partial charge in [0.15, 0.2) is 0 Å². The minimum absolute atomic E-state index is 0.0165. The summed E-state index contributed by atoms with van der Waals surface area (Å²) in [4.78, 5) is 22.2. The molecule has 2 aromatic rings. The summed E-state index contributed by atoms with van der Waals surface area (Å²) < 4.78 is 0. The SMILES string of the molecule is N#Cc1cccc(N2CCC3(CC2)C[C@@H](c2ccccc2)C(=O)N(C2CC2)C3)n1. The summed E-state index contributed by atoms with van der Waals surface area (Å²) in [5.41, 5.74) is 1.81. The molecule has 5 nitrogen and oxygen atoms in total. The van der Waals surface area contributed by atoms with E-state index in [1.165, 1.54) is 0 Å². The van der Waals surface area contributed by atoms with Crippen LogP contribution in [-0.4, -0.2) is 41.5 Å². The van der Waals surface area contributed by atoms with Gasteiger partial charge in [0.1, 0.15) is 17.6 Å². The third-order valence-electron chi connectivity index (χ3n) is 6.91. The number of nitrogens with zero attached hydrogens (tertiary/aromatic N) is 4. The fourth-order valence-corrected chi connectivity index (χ4v) is 5.10. The smallest absolute Gasteiger partial charge is 0.230 e. The van der Waals surface area contributed by atoms with Crippen molar-refractivity contribution in [3.05, 3.63) is 59.8 Å². The minimum Gasteiger partial charge on any atom is -0.357 e. The first-order chi connectivity index (χ1) is 14.2. The molecule has 0 N–H and O–H groups in total. The molecule has 148 valence electrons. The van der Waals surface area contributed by atoms with Crippen molar-refractivity contribution in [2.24, 2.45) is 5.41 Å². The topological polar surface area (TPSA) is 60.2 Å². The molecule has 3 heterocycles. The molecular weight excluding hydrogens is 360 g/mol. The summed E-state index contributed by atoms with van der Waals surface area (Å²) in [5, 5.41) is 9.14. The van der Waals surface area contributed by atoms with Gasteiger partial charge in [0.25, 0.3) is 0 Å². The second-order valence-corrected chi connectivity index (χ2v) is 8.84. The number of likely N-dealkylation sites (tertiary alicyclic amines) is 1. The van der Waals surface area contributed by atoms with Crippen molar-refractivity contribution in [1.82, 2.24) is 9.88 Å². The summed E-state index contributed by atoms with van der Waals surface area (Å²) in [6, 6.07) is 18.6. The highest BCUT2D eigenvalue weighted by Crippen LogP contribution is 2.48. The van der Waals surface area contributed by atoms with E-state index in [4.69, 9.17) is 5.26 Å². The lowest BCUT2D eigenvalue weighted by molar-refractivity contribution is -0.141. The number of anilines is 1. The van der Waals surface area contributed by atoms with Crippen molar-refractivity contribution >= 4 is 11.7 Å².